The Morgan fingerprint density at radius 1 is 1.22 bits per heavy atom. The van der Waals surface area contributed by atoms with Crippen LogP contribution in [0, 0.1) is 12.8 Å². The van der Waals surface area contributed by atoms with Crippen LogP contribution in [0.5, 0.6) is 0 Å². The third-order valence-corrected chi connectivity index (χ3v) is 6.00. The van der Waals surface area contributed by atoms with Crippen molar-refractivity contribution in [3.05, 3.63) is 11.3 Å². The first-order valence-corrected chi connectivity index (χ1v) is 9.09. The molecule has 126 valence electrons. The Kier molecular flexibility index (Phi) is 3.92. The van der Waals surface area contributed by atoms with Gasteiger partial charge in [0.2, 0.25) is 5.88 Å². The summed E-state index contributed by atoms with van der Waals surface area (Å²) >= 11 is 0. The molecule has 1 aliphatic heterocycles. The van der Waals surface area contributed by atoms with Crippen LogP contribution in [0.15, 0.2) is 4.52 Å². The number of rotatable bonds is 3. The Balaban J connectivity index is 1.48. The fraction of sp³-hybridized carbons (Fsp3) is 0.778. The van der Waals surface area contributed by atoms with Gasteiger partial charge in [0.25, 0.3) is 5.91 Å². The summed E-state index contributed by atoms with van der Waals surface area (Å²) in [6.07, 6.45) is 10.1. The second-order valence-corrected chi connectivity index (χ2v) is 7.58. The van der Waals surface area contributed by atoms with Gasteiger partial charge < -0.3 is 9.26 Å². The van der Waals surface area contributed by atoms with Crippen LogP contribution in [-0.4, -0.2) is 23.3 Å². The molecule has 2 bridgehead atoms. The zero-order valence-corrected chi connectivity index (χ0v) is 13.9. The summed E-state index contributed by atoms with van der Waals surface area (Å²) in [7, 11) is 0. The van der Waals surface area contributed by atoms with Crippen LogP contribution in [-0.2, 0) is 9.53 Å². The van der Waals surface area contributed by atoms with Crippen LogP contribution in [0.25, 0.3) is 0 Å². The molecule has 2 heterocycles. The van der Waals surface area contributed by atoms with Crippen molar-refractivity contribution >= 4 is 11.8 Å². The summed E-state index contributed by atoms with van der Waals surface area (Å²) in [5.41, 5.74) is 1.39. The smallest absolute Gasteiger partial charge is 0.259 e. The first-order chi connectivity index (χ1) is 11.2. The normalized spacial score (nSPS) is 31.3. The van der Waals surface area contributed by atoms with Gasteiger partial charge in [-0.2, -0.15) is 0 Å². The van der Waals surface area contributed by atoms with Crippen molar-refractivity contribution in [3.8, 4) is 0 Å². The summed E-state index contributed by atoms with van der Waals surface area (Å²) in [6.45, 7) is 2.73. The van der Waals surface area contributed by atoms with E-state index in [9.17, 15) is 4.79 Å². The number of ether oxygens (including phenoxy) is 1. The molecule has 1 amide bonds. The molecular formula is C18H26N2O3. The van der Waals surface area contributed by atoms with Crippen LogP contribution >= 0.6 is 0 Å². The Hall–Kier alpha value is -1.36. The van der Waals surface area contributed by atoms with Gasteiger partial charge in [0.1, 0.15) is 5.60 Å². The van der Waals surface area contributed by atoms with Crippen molar-refractivity contribution in [1.29, 1.82) is 0 Å². The Bertz CT molecular complexity index is 587. The summed E-state index contributed by atoms with van der Waals surface area (Å²) in [4.78, 5) is 12.8. The van der Waals surface area contributed by atoms with Gasteiger partial charge in [0, 0.05) is 11.5 Å². The zero-order chi connectivity index (χ0) is 15.9. The second-order valence-electron chi connectivity index (χ2n) is 7.58. The summed E-state index contributed by atoms with van der Waals surface area (Å²) < 4.78 is 11.4. The molecule has 1 aromatic heterocycles. The third kappa shape index (κ3) is 2.69. The molecule has 5 heteroatoms. The number of hydrogen-bond donors (Lipinski definition) is 1. The van der Waals surface area contributed by atoms with E-state index < -0.39 is 5.60 Å². The lowest BCUT2D eigenvalue weighted by atomic mass is 9.80. The van der Waals surface area contributed by atoms with Gasteiger partial charge in [-0.25, -0.2) is 0 Å². The highest BCUT2D eigenvalue weighted by Gasteiger charge is 2.49. The molecule has 2 saturated carbocycles. The van der Waals surface area contributed by atoms with E-state index >= 15 is 0 Å². The van der Waals surface area contributed by atoms with Gasteiger partial charge >= 0.3 is 0 Å². The lowest BCUT2D eigenvalue weighted by Crippen LogP contribution is -2.43. The maximum absolute atomic E-state index is 12.8. The van der Waals surface area contributed by atoms with Crippen LogP contribution < -0.4 is 5.32 Å². The van der Waals surface area contributed by atoms with Gasteiger partial charge in [-0.3, -0.25) is 10.1 Å². The monoisotopic (exact) mass is 318 g/mol. The molecule has 3 aliphatic rings. The number of fused-ring (bicyclic) bond motifs is 2. The molecule has 2 unspecified atom stereocenters. The van der Waals surface area contributed by atoms with Gasteiger partial charge in [-0.15, -0.1) is 0 Å². The minimum atomic E-state index is -0.632. The predicted molar refractivity (Wildman–Crippen MR) is 86.3 cm³/mol. The van der Waals surface area contributed by atoms with E-state index in [1.807, 2.05) is 6.92 Å². The predicted octanol–water partition coefficient (Wildman–Crippen LogP) is 3.93. The molecule has 0 radical (unpaired) electrons. The number of aromatic nitrogens is 1. The van der Waals surface area contributed by atoms with E-state index in [2.05, 4.69) is 10.5 Å². The van der Waals surface area contributed by atoms with E-state index in [0.717, 1.165) is 37.1 Å². The van der Waals surface area contributed by atoms with E-state index in [1.54, 1.807) is 0 Å². The topological polar surface area (TPSA) is 64.4 Å². The summed E-state index contributed by atoms with van der Waals surface area (Å²) in [5, 5.41) is 7.23. The molecule has 1 N–H and O–H groups in total. The average Bonchev–Trinajstić information content (AvgIpc) is 3.09. The lowest BCUT2D eigenvalue weighted by molar-refractivity contribution is -0.136. The second kappa shape index (κ2) is 5.93. The van der Waals surface area contributed by atoms with E-state index in [0.29, 0.717) is 17.7 Å². The highest BCUT2D eigenvalue weighted by molar-refractivity contribution is 5.97. The van der Waals surface area contributed by atoms with Crippen molar-refractivity contribution in [2.45, 2.75) is 76.2 Å². The molecule has 2 aliphatic carbocycles. The number of carbonyl (C=O) groups excluding carboxylic acids is 1. The summed E-state index contributed by atoms with van der Waals surface area (Å²) in [6, 6.07) is 0. The van der Waals surface area contributed by atoms with Crippen molar-refractivity contribution in [1.82, 2.24) is 5.16 Å². The van der Waals surface area contributed by atoms with Crippen LogP contribution in [0.2, 0.25) is 0 Å². The number of nitrogens with zero attached hydrogens (tertiary/aromatic N) is 1. The molecule has 3 fully saturated rings. The molecule has 2 atom stereocenters. The molecule has 5 nitrogen and oxygen atoms in total. The molecule has 4 rings (SSSR count). The van der Waals surface area contributed by atoms with E-state index in [-0.39, 0.29) is 5.91 Å². The molecular weight excluding hydrogens is 292 g/mol. The fourth-order valence-corrected chi connectivity index (χ4v) is 4.61. The first-order valence-electron chi connectivity index (χ1n) is 9.09. The lowest BCUT2D eigenvalue weighted by Gasteiger charge is -2.29. The standard InChI is InChI=1S/C18H26N2O3/c1-12-15(14-7-3-2-4-8-14)20-23-16(12)19-17(21)18-9-5-6-13(10-18)11-22-18/h13-14H,2-11H2,1H3,(H,19,21). The van der Waals surface area contributed by atoms with Gasteiger partial charge in [0.15, 0.2) is 0 Å². The highest BCUT2D eigenvalue weighted by atomic mass is 16.5. The van der Waals surface area contributed by atoms with E-state index in [4.69, 9.17) is 9.26 Å². The third-order valence-electron chi connectivity index (χ3n) is 6.00. The van der Waals surface area contributed by atoms with Crippen molar-refractivity contribution < 1.29 is 14.1 Å². The van der Waals surface area contributed by atoms with E-state index in [1.165, 1.54) is 38.5 Å². The molecule has 1 saturated heterocycles. The van der Waals surface area contributed by atoms with Gasteiger partial charge in [-0.05, 0) is 51.4 Å². The quantitative estimate of drug-likeness (QED) is 0.917. The largest absolute Gasteiger partial charge is 0.365 e. The summed E-state index contributed by atoms with van der Waals surface area (Å²) in [5.74, 6) is 1.50. The average molecular weight is 318 g/mol. The van der Waals surface area contributed by atoms with Crippen molar-refractivity contribution in [2.75, 3.05) is 11.9 Å². The Morgan fingerprint density at radius 2 is 2.04 bits per heavy atom. The molecule has 0 aromatic carbocycles. The van der Waals surface area contributed by atoms with Crippen LogP contribution in [0.3, 0.4) is 0 Å². The van der Waals surface area contributed by atoms with Crippen LogP contribution in [0.4, 0.5) is 5.88 Å². The minimum Gasteiger partial charge on any atom is -0.365 e. The van der Waals surface area contributed by atoms with Crippen molar-refractivity contribution in [2.24, 2.45) is 5.92 Å². The van der Waals surface area contributed by atoms with Gasteiger partial charge in [0.05, 0.1) is 12.3 Å². The van der Waals surface area contributed by atoms with Crippen LogP contribution in [0.1, 0.15) is 75.0 Å². The van der Waals surface area contributed by atoms with Gasteiger partial charge in [-0.1, -0.05) is 24.4 Å². The number of anilines is 1. The Morgan fingerprint density at radius 3 is 2.87 bits per heavy atom. The SMILES string of the molecule is Cc1c(C2CCCCC2)noc1NC(=O)C12CCCC(CO1)C2. The minimum absolute atomic E-state index is 0.0471. The molecule has 23 heavy (non-hydrogen) atoms. The Labute approximate surface area is 137 Å². The number of carbonyl (C=O) groups is 1. The maximum atomic E-state index is 12.8. The highest BCUT2D eigenvalue weighted by Crippen LogP contribution is 2.43. The first kappa shape index (κ1) is 15.2. The maximum Gasteiger partial charge on any atom is 0.259 e. The van der Waals surface area contributed by atoms with Crippen molar-refractivity contribution in [3.63, 3.8) is 0 Å². The fourth-order valence-electron chi connectivity index (χ4n) is 4.61. The number of amides is 1. The number of nitrogens with one attached hydrogen (secondary N) is 1. The zero-order valence-electron chi connectivity index (χ0n) is 13.9. The number of hydrogen-bond acceptors (Lipinski definition) is 4. The molecule has 0 spiro atoms. The molecule has 1 aromatic rings.